The predicted molar refractivity (Wildman–Crippen MR) is 86.1 cm³/mol. The van der Waals surface area contributed by atoms with Crippen molar-refractivity contribution in [2.75, 3.05) is 32.7 Å². The van der Waals surface area contributed by atoms with Gasteiger partial charge in [-0.25, -0.2) is 0 Å². The van der Waals surface area contributed by atoms with Crippen molar-refractivity contribution in [3.05, 3.63) is 35.9 Å². The Labute approximate surface area is 127 Å². The Balaban J connectivity index is 1.97. The molecule has 1 aliphatic heterocycles. The van der Waals surface area contributed by atoms with Crippen LogP contribution in [0.3, 0.4) is 0 Å². The number of benzene rings is 1. The molecule has 116 valence electrons. The molecule has 2 rings (SSSR count). The molecule has 4 nitrogen and oxygen atoms in total. The third kappa shape index (κ3) is 3.83. The Hall–Kier alpha value is -1.39. The van der Waals surface area contributed by atoms with E-state index in [-0.39, 0.29) is 11.8 Å². The van der Waals surface area contributed by atoms with Gasteiger partial charge in [-0.2, -0.15) is 0 Å². The van der Waals surface area contributed by atoms with Gasteiger partial charge in [-0.1, -0.05) is 37.3 Å². The molecular weight excluding hydrogens is 262 g/mol. The highest BCUT2D eigenvalue weighted by Crippen LogP contribution is 2.19. The summed E-state index contributed by atoms with van der Waals surface area (Å²) in [4.78, 5) is 17.1. The minimum absolute atomic E-state index is 0.174. The lowest BCUT2D eigenvalue weighted by molar-refractivity contribution is -0.134. The molecule has 4 heteroatoms. The number of nitrogens with two attached hydrogens (primary N) is 1. The number of nitrogens with zero attached hydrogens (tertiary/aromatic N) is 2. The van der Waals surface area contributed by atoms with Crippen LogP contribution in [-0.4, -0.2) is 54.5 Å². The SMILES string of the molecule is CCC(C)N1CCN(C(=O)C(CN)c2ccccc2)CC1. The van der Waals surface area contributed by atoms with E-state index in [1.165, 1.54) is 0 Å². The molecule has 1 fully saturated rings. The third-order valence-electron chi connectivity index (χ3n) is 4.58. The highest BCUT2D eigenvalue weighted by atomic mass is 16.2. The summed E-state index contributed by atoms with van der Waals surface area (Å²) in [6.45, 7) is 8.39. The summed E-state index contributed by atoms with van der Waals surface area (Å²) < 4.78 is 0. The number of carbonyl (C=O) groups excluding carboxylic acids is 1. The largest absolute Gasteiger partial charge is 0.340 e. The maximum Gasteiger partial charge on any atom is 0.231 e. The second-order valence-electron chi connectivity index (χ2n) is 5.82. The molecule has 1 aromatic rings. The molecular formula is C17H27N3O. The number of rotatable bonds is 5. The third-order valence-corrected chi connectivity index (χ3v) is 4.58. The topological polar surface area (TPSA) is 49.6 Å². The molecule has 1 amide bonds. The summed E-state index contributed by atoms with van der Waals surface area (Å²) in [7, 11) is 0. The van der Waals surface area contributed by atoms with Gasteiger partial charge in [0.05, 0.1) is 5.92 Å². The summed E-state index contributed by atoms with van der Waals surface area (Å²) in [6, 6.07) is 10.5. The van der Waals surface area contributed by atoms with Gasteiger partial charge in [0.1, 0.15) is 0 Å². The zero-order valence-corrected chi connectivity index (χ0v) is 13.2. The van der Waals surface area contributed by atoms with Gasteiger partial charge in [0, 0.05) is 38.8 Å². The Bertz CT molecular complexity index is 441. The molecule has 1 aliphatic rings. The van der Waals surface area contributed by atoms with E-state index in [2.05, 4.69) is 18.7 Å². The number of hydrogen-bond acceptors (Lipinski definition) is 3. The van der Waals surface area contributed by atoms with E-state index in [9.17, 15) is 4.79 Å². The van der Waals surface area contributed by atoms with Crippen molar-refractivity contribution in [1.82, 2.24) is 9.80 Å². The zero-order chi connectivity index (χ0) is 15.2. The second kappa shape index (κ2) is 7.57. The highest BCUT2D eigenvalue weighted by Gasteiger charge is 2.28. The van der Waals surface area contributed by atoms with E-state index in [0.29, 0.717) is 12.6 Å². The van der Waals surface area contributed by atoms with Gasteiger partial charge in [-0.3, -0.25) is 9.69 Å². The van der Waals surface area contributed by atoms with Crippen LogP contribution in [0.1, 0.15) is 31.7 Å². The van der Waals surface area contributed by atoms with Crippen molar-refractivity contribution in [1.29, 1.82) is 0 Å². The van der Waals surface area contributed by atoms with Crippen LogP contribution in [0, 0.1) is 0 Å². The summed E-state index contributed by atoms with van der Waals surface area (Å²) >= 11 is 0. The standard InChI is InChI=1S/C17H27N3O/c1-3-14(2)19-9-11-20(12-10-19)17(21)16(13-18)15-7-5-4-6-8-15/h4-8,14,16H,3,9-13,18H2,1-2H3. The molecule has 0 aromatic heterocycles. The quantitative estimate of drug-likeness (QED) is 0.897. The lowest BCUT2D eigenvalue weighted by atomic mass is 9.97. The van der Waals surface area contributed by atoms with Crippen molar-refractivity contribution < 1.29 is 4.79 Å². The van der Waals surface area contributed by atoms with E-state index in [0.717, 1.165) is 38.2 Å². The van der Waals surface area contributed by atoms with Crippen LogP contribution < -0.4 is 5.73 Å². The molecule has 0 radical (unpaired) electrons. The Morgan fingerprint density at radius 1 is 1.19 bits per heavy atom. The van der Waals surface area contributed by atoms with Gasteiger partial charge in [-0.15, -0.1) is 0 Å². The van der Waals surface area contributed by atoms with Crippen molar-refractivity contribution in [3.8, 4) is 0 Å². The molecule has 0 saturated carbocycles. The first-order chi connectivity index (χ1) is 10.2. The molecule has 2 unspecified atom stereocenters. The first-order valence-corrected chi connectivity index (χ1v) is 7.95. The molecule has 0 spiro atoms. The molecule has 0 bridgehead atoms. The van der Waals surface area contributed by atoms with Crippen molar-refractivity contribution in [3.63, 3.8) is 0 Å². The summed E-state index contributed by atoms with van der Waals surface area (Å²) in [5.74, 6) is -0.0335. The fourth-order valence-corrected chi connectivity index (χ4v) is 2.93. The molecule has 2 N–H and O–H groups in total. The molecule has 2 atom stereocenters. The monoisotopic (exact) mass is 289 g/mol. The van der Waals surface area contributed by atoms with Crippen LogP contribution in [0.4, 0.5) is 0 Å². The molecule has 1 heterocycles. The number of carbonyl (C=O) groups is 1. The van der Waals surface area contributed by atoms with Crippen molar-refractivity contribution in [2.45, 2.75) is 32.2 Å². The number of piperazine rings is 1. The summed E-state index contributed by atoms with van der Waals surface area (Å²) in [5.41, 5.74) is 6.87. The fourth-order valence-electron chi connectivity index (χ4n) is 2.93. The van der Waals surface area contributed by atoms with Gasteiger partial charge in [0.2, 0.25) is 5.91 Å². The van der Waals surface area contributed by atoms with Crippen LogP contribution in [0.25, 0.3) is 0 Å². The second-order valence-corrected chi connectivity index (χ2v) is 5.82. The molecule has 21 heavy (non-hydrogen) atoms. The Morgan fingerprint density at radius 3 is 2.33 bits per heavy atom. The smallest absolute Gasteiger partial charge is 0.231 e. The van der Waals surface area contributed by atoms with E-state index >= 15 is 0 Å². The van der Waals surface area contributed by atoms with Crippen LogP contribution >= 0.6 is 0 Å². The normalized spacial score (nSPS) is 19.3. The maximum absolute atomic E-state index is 12.7. The van der Waals surface area contributed by atoms with E-state index in [4.69, 9.17) is 5.73 Å². The summed E-state index contributed by atoms with van der Waals surface area (Å²) in [6.07, 6.45) is 1.16. The molecule has 1 aromatic carbocycles. The fraction of sp³-hybridized carbons (Fsp3) is 0.588. The summed E-state index contributed by atoms with van der Waals surface area (Å²) in [5, 5.41) is 0. The Kier molecular flexibility index (Phi) is 5.76. The minimum Gasteiger partial charge on any atom is -0.340 e. The van der Waals surface area contributed by atoms with Gasteiger partial charge >= 0.3 is 0 Å². The number of hydrogen-bond donors (Lipinski definition) is 1. The highest BCUT2D eigenvalue weighted by molar-refractivity contribution is 5.84. The average Bonchev–Trinajstić information content (AvgIpc) is 2.56. The zero-order valence-electron chi connectivity index (χ0n) is 13.2. The molecule has 1 saturated heterocycles. The van der Waals surface area contributed by atoms with Crippen LogP contribution in [-0.2, 0) is 4.79 Å². The van der Waals surface area contributed by atoms with Gasteiger partial charge < -0.3 is 10.6 Å². The van der Waals surface area contributed by atoms with Gasteiger partial charge in [-0.05, 0) is 18.9 Å². The van der Waals surface area contributed by atoms with Crippen LogP contribution in [0.5, 0.6) is 0 Å². The molecule has 0 aliphatic carbocycles. The van der Waals surface area contributed by atoms with E-state index in [1.807, 2.05) is 35.2 Å². The Morgan fingerprint density at radius 2 is 1.81 bits per heavy atom. The lowest BCUT2D eigenvalue weighted by Gasteiger charge is -2.39. The van der Waals surface area contributed by atoms with E-state index < -0.39 is 0 Å². The lowest BCUT2D eigenvalue weighted by Crippen LogP contribution is -2.52. The average molecular weight is 289 g/mol. The predicted octanol–water partition coefficient (Wildman–Crippen LogP) is 1.67. The first kappa shape index (κ1) is 16.0. The van der Waals surface area contributed by atoms with Crippen molar-refractivity contribution in [2.24, 2.45) is 5.73 Å². The van der Waals surface area contributed by atoms with Gasteiger partial charge in [0.25, 0.3) is 0 Å². The van der Waals surface area contributed by atoms with Crippen LogP contribution in [0.15, 0.2) is 30.3 Å². The van der Waals surface area contributed by atoms with Crippen molar-refractivity contribution >= 4 is 5.91 Å². The van der Waals surface area contributed by atoms with Crippen LogP contribution in [0.2, 0.25) is 0 Å². The number of amides is 1. The first-order valence-electron chi connectivity index (χ1n) is 7.95. The van der Waals surface area contributed by atoms with Gasteiger partial charge in [0.15, 0.2) is 0 Å². The van der Waals surface area contributed by atoms with E-state index in [1.54, 1.807) is 0 Å². The minimum atomic E-state index is -0.207. The maximum atomic E-state index is 12.7.